The first-order valence-corrected chi connectivity index (χ1v) is 6.48. The monoisotopic (exact) mass is 289 g/mol. The van der Waals surface area contributed by atoms with Gasteiger partial charge in [0.1, 0.15) is 0 Å². The molecule has 21 heavy (non-hydrogen) atoms. The maximum atomic E-state index is 11.9. The Hall–Kier alpha value is -2.70. The van der Waals surface area contributed by atoms with Crippen LogP contribution in [0.3, 0.4) is 0 Å². The van der Waals surface area contributed by atoms with Gasteiger partial charge in [-0.3, -0.25) is 24.1 Å². The summed E-state index contributed by atoms with van der Waals surface area (Å²) in [4.78, 5) is 46.6. The molecule has 0 radical (unpaired) electrons. The minimum absolute atomic E-state index is 0.248. The van der Waals surface area contributed by atoms with E-state index in [4.69, 9.17) is 0 Å². The Morgan fingerprint density at radius 2 is 1.90 bits per heavy atom. The number of rotatable bonds is 6. The third-order valence-corrected chi connectivity index (χ3v) is 3.22. The highest BCUT2D eigenvalue weighted by molar-refractivity contribution is 6.21. The molecule has 0 atom stereocenters. The topological polar surface area (TPSA) is 95.6 Å². The molecule has 0 saturated carbocycles. The van der Waals surface area contributed by atoms with Crippen molar-refractivity contribution in [2.45, 2.75) is 6.42 Å². The minimum Gasteiger partial charge on any atom is -0.359 e. The first-order valence-electron chi connectivity index (χ1n) is 6.48. The molecule has 1 aromatic rings. The maximum Gasteiger partial charge on any atom is 0.261 e. The second kappa shape index (κ2) is 6.17. The summed E-state index contributed by atoms with van der Waals surface area (Å²) in [5, 5.41) is 5.17. The van der Waals surface area contributed by atoms with Gasteiger partial charge in [-0.15, -0.1) is 0 Å². The van der Waals surface area contributed by atoms with Crippen molar-refractivity contribution in [1.82, 2.24) is 15.5 Å². The number of carbonyl (C=O) groups is 4. The summed E-state index contributed by atoms with van der Waals surface area (Å²) in [6, 6.07) is 4.43. The Kier molecular flexibility index (Phi) is 4.32. The van der Waals surface area contributed by atoms with Crippen LogP contribution < -0.4 is 10.6 Å². The normalized spacial score (nSPS) is 13.1. The molecule has 1 aliphatic rings. The molecule has 1 aliphatic heterocycles. The van der Waals surface area contributed by atoms with Crippen LogP contribution in [0.4, 0.5) is 0 Å². The molecule has 0 aromatic heterocycles. The van der Waals surface area contributed by atoms with Gasteiger partial charge < -0.3 is 10.6 Å². The van der Waals surface area contributed by atoms with Crippen LogP contribution in [0, 0.1) is 0 Å². The van der Waals surface area contributed by atoms with E-state index in [1.54, 1.807) is 0 Å². The van der Waals surface area contributed by atoms with E-state index in [9.17, 15) is 19.2 Å². The Balaban J connectivity index is 2.02. The fourth-order valence-corrected chi connectivity index (χ4v) is 2.06. The second-order valence-corrected chi connectivity index (χ2v) is 4.61. The molecule has 1 aromatic carbocycles. The van der Waals surface area contributed by atoms with Crippen LogP contribution in [0.2, 0.25) is 0 Å². The Labute approximate surface area is 121 Å². The molecule has 2 rings (SSSR count). The predicted octanol–water partition coefficient (Wildman–Crippen LogP) is -0.222. The van der Waals surface area contributed by atoms with Crippen molar-refractivity contribution in [2.24, 2.45) is 0 Å². The molecular formula is C14H15N3O4. The molecule has 4 amide bonds. The number of nitrogens with one attached hydrogen (secondary N) is 2. The average Bonchev–Trinajstić information content (AvgIpc) is 2.71. The van der Waals surface area contributed by atoms with Gasteiger partial charge >= 0.3 is 0 Å². The Morgan fingerprint density at radius 3 is 2.62 bits per heavy atom. The zero-order valence-corrected chi connectivity index (χ0v) is 11.5. The van der Waals surface area contributed by atoms with E-state index >= 15 is 0 Å². The first-order chi connectivity index (χ1) is 10.1. The summed E-state index contributed by atoms with van der Waals surface area (Å²) in [7, 11) is 1.41. The van der Waals surface area contributed by atoms with Gasteiger partial charge in [0.2, 0.25) is 6.41 Å². The lowest BCUT2D eigenvalue weighted by molar-refractivity contribution is -0.109. The fraction of sp³-hybridized carbons (Fsp3) is 0.286. The van der Waals surface area contributed by atoms with Crippen molar-refractivity contribution in [3.63, 3.8) is 0 Å². The molecule has 2 N–H and O–H groups in total. The predicted molar refractivity (Wildman–Crippen MR) is 73.9 cm³/mol. The van der Waals surface area contributed by atoms with Crippen LogP contribution in [-0.2, 0) is 4.79 Å². The van der Waals surface area contributed by atoms with E-state index in [1.165, 1.54) is 25.2 Å². The lowest BCUT2D eigenvalue weighted by Crippen LogP contribution is -2.27. The molecule has 7 heteroatoms. The molecule has 110 valence electrons. The molecule has 0 bridgehead atoms. The van der Waals surface area contributed by atoms with Crippen LogP contribution in [0.15, 0.2) is 18.2 Å². The highest BCUT2D eigenvalue weighted by atomic mass is 16.2. The number of carbonyl (C=O) groups excluding carboxylic acids is 4. The lowest BCUT2D eigenvalue weighted by atomic mass is 10.1. The Morgan fingerprint density at radius 1 is 1.19 bits per heavy atom. The summed E-state index contributed by atoms with van der Waals surface area (Å²) in [6.07, 6.45) is 1.21. The molecule has 0 aliphatic carbocycles. The summed E-state index contributed by atoms with van der Waals surface area (Å²) in [5.41, 5.74) is 0.889. The van der Waals surface area contributed by atoms with E-state index in [0.29, 0.717) is 37.0 Å². The van der Waals surface area contributed by atoms with Gasteiger partial charge in [-0.05, 0) is 24.6 Å². The van der Waals surface area contributed by atoms with Gasteiger partial charge in [0.05, 0.1) is 11.1 Å². The highest BCUT2D eigenvalue weighted by Gasteiger charge is 2.33. The van der Waals surface area contributed by atoms with Crippen molar-refractivity contribution in [3.05, 3.63) is 34.9 Å². The van der Waals surface area contributed by atoms with Gasteiger partial charge in [0.25, 0.3) is 17.7 Å². The van der Waals surface area contributed by atoms with Crippen LogP contribution >= 0.6 is 0 Å². The van der Waals surface area contributed by atoms with E-state index < -0.39 is 5.91 Å². The minimum atomic E-state index is -0.403. The smallest absolute Gasteiger partial charge is 0.261 e. The second-order valence-electron chi connectivity index (χ2n) is 4.61. The van der Waals surface area contributed by atoms with Gasteiger partial charge in [-0.1, -0.05) is 0 Å². The first kappa shape index (κ1) is 14.7. The number of benzene rings is 1. The van der Waals surface area contributed by atoms with Gasteiger partial charge in [0.15, 0.2) is 0 Å². The van der Waals surface area contributed by atoms with Crippen LogP contribution in [0.5, 0.6) is 0 Å². The van der Waals surface area contributed by atoms with Crippen LogP contribution in [0.1, 0.15) is 37.5 Å². The van der Waals surface area contributed by atoms with Crippen LogP contribution in [0.25, 0.3) is 0 Å². The summed E-state index contributed by atoms with van der Waals surface area (Å²) in [5.74, 6) is -1.08. The summed E-state index contributed by atoms with van der Waals surface area (Å²) < 4.78 is 0. The van der Waals surface area contributed by atoms with Crippen molar-refractivity contribution >= 4 is 24.1 Å². The third kappa shape index (κ3) is 2.91. The average molecular weight is 289 g/mol. The van der Waals surface area contributed by atoms with E-state index in [2.05, 4.69) is 10.6 Å². The van der Waals surface area contributed by atoms with Crippen molar-refractivity contribution < 1.29 is 19.2 Å². The van der Waals surface area contributed by atoms with Crippen molar-refractivity contribution in [1.29, 1.82) is 0 Å². The van der Waals surface area contributed by atoms with E-state index in [-0.39, 0.29) is 17.4 Å². The largest absolute Gasteiger partial charge is 0.359 e. The quantitative estimate of drug-likeness (QED) is 0.430. The standard InChI is InChI=1S/C14H15N3O4/c1-17-13(20)10-4-3-9(7-11(10)14(17)21)12(19)16-6-2-5-15-8-18/h3-4,7-8H,2,5-6H2,1H3,(H,15,18)(H,16,19). The number of hydrogen-bond acceptors (Lipinski definition) is 4. The molecule has 1 heterocycles. The number of hydrogen-bond donors (Lipinski definition) is 2. The molecule has 7 nitrogen and oxygen atoms in total. The molecule has 0 saturated heterocycles. The van der Waals surface area contributed by atoms with Gasteiger partial charge in [0, 0.05) is 25.7 Å². The van der Waals surface area contributed by atoms with Crippen molar-refractivity contribution in [2.75, 3.05) is 20.1 Å². The molecule has 0 fully saturated rings. The SMILES string of the molecule is CN1C(=O)c2ccc(C(=O)NCCCNC=O)cc2C1=O. The van der Waals surface area contributed by atoms with Gasteiger partial charge in [-0.25, -0.2) is 0 Å². The summed E-state index contributed by atoms with van der Waals surface area (Å²) in [6.45, 7) is 0.884. The number of imide groups is 1. The fourth-order valence-electron chi connectivity index (χ4n) is 2.06. The molecular weight excluding hydrogens is 274 g/mol. The van der Waals surface area contributed by atoms with Gasteiger partial charge in [-0.2, -0.15) is 0 Å². The van der Waals surface area contributed by atoms with E-state index in [0.717, 1.165) is 4.90 Å². The molecule has 0 unspecified atom stereocenters. The number of fused-ring (bicyclic) bond motifs is 1. The number of amides is 4. The third-order valence-electron chi connectivity index (χ3n) is 3.22. The maximum absolute atomic E-state index is 11.9. The number of nitrogens with zero attached hydrogens (tertiary/aromatic N) is 1. The Bertz CT molecular complexity index is 612. The highest BCUT2D eigenvalue weighted by Crippen LogP contribution is 2.22. The molecule has 0 spiro atoms. The lowest BCUT2D eigenvalue weighted by Gasteiger charge is -2.05. The van der Waals surface area contributed by atoms with Crippen LogP contribution in [-0.4, -0.2) is 49.2 Å². The van der Waals surface area contributed by atoms with Crippen molar-refractivity contribution in [3.8, 4) is 0 Å². The zero-order chi connectivity index (χ0) is 15.4. The summed E-state index contributed by atoms with van der Waals surface area (Å²) >= 11 is 0. The van der Waals surface area contributed by atoms with E-state index in [1.807, 2.05) is 0 Å². The zero-order valence-electron chi connectivity index (χ0n) is 11.5.